The average molecular weight is 442 g/mol. The van der Waals surface area contributed by atoms with Crippen LogP contribution in [0.3, 0.4) is 0 Å². The number of unbranched alkanes of at least 4 members (excludes halogenated alkanes) is 1. The summed E-state index contributed by atoms with van der Waals surface area (Å²) in [6.45, 7) is 6.50. The van der Waals surface area contributed by atoms with Gasteiger partial charge in [0.15, 0.2) is 5.69 Å². The van der Waals surface area contributed by atoms with Crippen LogP contribution >= 0.6 is 11.3 Å². The van der Waals surface area contributed by atoms with Gasteiger partial charge in [-0.1, -0.05) is 57.5 Å². The summed E-state index contributed by atoms with van der Waals surface area (Å²) < 4.78 is 1.31. The Morgan fingerprint density at radius 2 is 1.97 bits per heavy atom. The van der Waals surface area contributed by atoms with Crippen LogP contribution in [-0.2, 0) is 6.54 Å². The number of hydrogen-bond donors (Lipinski definition) is 2. The van der Waals surface area contributed by atoms with Gasteiger partial charge in [-0.3, -0.25) is 24.0 Å². The van der Waals surface area contributed by atoms with Crippen molar-refractivity contribution < 1.29 is 4.79 Å². The molecule has 3 N–H and O–H groups in total. The molecule has 0 saturated heterocycles. The molecule has 0 radical (unpaired) electrons. The Morgan fingerprint density at radius 1 is 1.26 bits per heavy atom. The van der Waals surface area contributed by atoms with Crippen LogP contribution in [0.15, 0.2) is 45.3 Å². The molecule has 0 aliphatic heterocycles. The van der Waals surface area contributed by atoms with Crippen molar-refractivity contribution in [1.82, 2.24) is 14.5 Å². The molecule has 2 heterocycles. The highest BCUT2D eigenvalue weighted by atomic mass is 32.1. The van der Waals surface area contributed by atoms with Crippen LogP contribution in [0, 0.1) is 5.92 Å². The lowest BCUT2D eigenvalue weighted by Crippen LogP contribution is -2.42. The Bertz CT molecular complexity index is 1160. The fourth-order valence-corrected chi connectivity index (χ4v) is 4.04. The maximum atomic E-state index is 13.4. The first-order valence-electron chi connectivity index (χ1n) is 10.3. The minimum absolute atomic E-state index is 0.00652. The molecule has 8 nitrogen and oxygen atoms in total. The third kappa shape index (κ3) is 4.93. The normalized spacial score (nSPS) is 11.1. The van der Waals surface area contributed by atoms with E-state index in [1.165, 1.54) is 20.8 Å². The predicted octanol–water partition coefficient (Wildman–Crippen LogP) is 3.35. The summed E-state index contributed by atoms with van der Waals surface area (Å²) in [6.07, 6.45) is 1.49. The molecule has 0 aliphatic carbocycles. The third-order valence-electron chi connectivity index (χ3n) is 4.76. The minimum atomic E-state index is -0.675. The zero-order valence-electron chi connectivity index (χ0n) is 17.9. The van der Waals surface area contributed by atoms with Crippen LogP contribution in [-0.4, -0.2) is 27.0 Å². The van der Waals surface area contributed by atoms with Gasteiger partial charge >= 0.3 is 5.69 Å². The van der Waals surface area contributed by atoms with Crippen LogP contribution in [0.2, 0.25) is 0 Å². The zero-order valence-corrected chi connectivity index (χ0v) is 18.7. The molecule has 0 bridgehead atoms. The van der Waals surface area contributed by atoms with Gasteiger partial charge in [-0.15, -0.1) is 11.3 Å². The van der Waals surface area contributed by atoms with Crippen molar-refractivity contribution in [2.24, 2.45) is 5.92 Å². The maximum absolute atomic E-state index is 13.4. The van der Waals surface area contributed by atoms with Crippen molar-refractivity contribution in [3.05, 3.63) is 62.2 Å². The molecule has 31 heavy (non-hydrogen) atoms. The monoisotopic (exact) mass is 441 g/mol. The van der Waals surface area contributed by atoms with E-state index in [0.29, 0.717) is 24.5 Å². The van der Waals surface area contributed by atoms with Crippen molar-refractivity contribution in [1.29, 1.82) is 0 Å². The number of benzene rings is 1. The second-order valence-electron chi connectivity index (χ2n) is 7.71. The summed E-state index contributed by atoms with van der Waals surface area (Å²) in [5.41, 5.74) is 6.13. The van der Waals surface area contributed by atoms with E-state index < -0.39 is 17.2 Å². The number of amides is 1. The lowest BCUT2D eigenvalue weighted by molar-refractivity contribution is 0.0982. The molecule has 0 atom stereocenters. The van der Waals surface area contributed by atoms with Gasteiger partial charge in [-0.25, -0.2) is 9.78 Å². The Hall–Kier alpha value is -3.20. The molecule has 0 saturated carbocycles. The summed E-state index contributed by atoms with van der Waals surface area (Å²) in [7, 11) is 0. The third-order valence-corrected chi connectivity index (χ3v) is 5.65. The molecule has 1 amide bonds. The quantitative estimate of drug-likeness (QED) is 0.556. The van der Waals surface area contributed by atoms with E-state index in [2.05, 4.69) is 9.97 Å². The number of nitrogens with one attached hydrogen (secondary N) is 1. The highest BCUT2D eigenvalue weighted by Gasteiger charge is 2.26. The topological polar surface area (TPSA) is 114 Å². The fraction of sp³-hybridized carbons (Fsp3) is 0.364. The van der Waals surface area contributed by atoms with Gasteiger partial charge in [0.25, 0.3) is 11.5 Å². The van der Waals surface area contributed by atoms with Crippen molar-refractivity contribution in [3.8, 4) is 10.6 Å². The number of H-pyrrole nitrogens is 1. The molecule has 9 heteroatoms. The SMILES string of the molecule is CCCCN(C(=O)c1csc(-c2ccccc2)n1)c1c(N)n(CC(C)C)c(=O)[nH]c1=O. The standard InChI is InChI=1S/C22H27N5O3S/c1-4-5-11-26(17-18(23)27(12-14(2)3)22(30)25-19(17)28)21(29)16-13-31-20(24-16)15-9-7-6-8-10-15/h6-10,13-14H,4-5,11-12,23H2,1-3H3,(H,25,28,30). The Labute approximate surface area is 184 Å². The van der Waals surface area contributed by atoms with Gasteiger partial charge in [-0.2, -0.15) is 0 Å². The highest BCUT2D eigenvalue weighted by Crippen LogP contribution is 2.26. The molecule has 0 aliphatic rings. The van der Waals surface area contributed by atoms with E-state index in [-0.39, 0.29) is 23.1 Å². The summed E-state index contributed by atoms with van der Waals surface area (Å²) in [5, 5.41) is 2.39. The molecule has 0 spiro atoms. The average Bonchev–Trinajstić information content (AvgIpc) is 3.23. The number of thiazole rings is 1. The van der Waals surface area contributed by atoms with Crippen molar-refractivity contribution in [2.75, 3.05) is 17.2 Å². The second kappa shape index (κ2) is 9.74. The van der Waals surface area contributed by atoms with Crippen LogP contribution in [0.1, 0.15) is 44.1 Å². The van der Waals surface area contributed by atoms with Gasteiger partial charge in [0, 0.05) is 24.0 Å². The number of carbonyl (C=O) groups excluding carboxylic acids is 1. The number of hydrogen-bond acceptors (Lipinski definition) is 6. The van der Waals surface area contributed by atoms with Crippen LogP contribution < -0.4 is 21.9 Å². The largest absolute Gasteiger partial charge is 0.383 e. The summed E-state index contributed by atoms with van der Waals surface area (Å²) in [6, 6.07) is 9.57. The predicted molar refractivity (Wildman–Crippen MR) is 125 cm³/mol. The van der Waals surface area contributed by atoms with Gasteiger partial charge in [0.2, 0.25) is 0 Å². The van der Waals surface area contributed by atoms with Crippen LogP contribution in [0.25, 0.3) is 10.6 Å². The number of aromatic amines is 1. The van der Waals surface area contributed by atoms with Crippen molar-refractivity contribution in [2.45, 2.75) is 40.2 Å². The number of nitrogens with two attached hydrogens (primary N) is 1. The second-order valence-corrected chi connectivity index (χ2v) is 8.57. The van der Waals surface area contributed by atoms with E-state index >= 15 is 0 Å². The summed E-state index contributed by atoms with van der Waals surface area (Å²) in [5.74, 6) is -0.297. The van der Waals surface area contributed by atoms with E-state index in [1.54, 1.807) is 5.38 Å². The molecule has 0 unspecified atom stereocenters. The number of aromatic nitrogens is 3. The Balaban J connectivity index is 2.05. The van der Waals surface area contributed by atoms with E-state index in [4.69, 9.17) is 5.73 Å². The van der Waals surface area contributed by atoms with Crippen LogP contribution in [0.4, 0.5) is 11.5 Å². The first kappa shape index (κ1) is 22.5. The van der Waals surface area contributed by atoms with Crippen molar-refractivity contribution in [3.63, 3.8) is 0 Å². The maximum Gasteiger partial charge on any atom is 0.330 e. The molecular weight excluding hydrogens is 414 g/mol. The van der Waals surface area contributed by atoms with Crippen molar-refractivity contribution >= 4 is 28.7 Å². The van der Waals surface area contributed by atoms with E-state index in [9.17, 15) is 14.4 Å². The molecule has 2 aromatic heterocycles. The number of anilines is 2. The molecule has 1 aromatic carbocycles. The Kier molecular flexibility index (Phi) is 7.06. The van der Waals surface area contributed by atoms with Gasteiger partial charge in [0.1, 0.15) is 16.5 Å². The lowest BCUT2D eigenvalue weighted by Gasteiger charge is -2.24. The number of rotatable bonds is 8. The highest BCUT2D eigenvalue weighted by molar-refractivity contribution is 7.13. The molecule has 3 aromatic rings. The first-order valence-corrected chi connectivity index (χ1v) is 11.2. The van der Waals surface area contributed by atoms with E-state index in [0.717, 1.165) is 12.0 Å². The van der Waals surface area contributed by atoms with Gasteiger partial charge in [0.05, 0.1) is 0 Å². The van der Waals surface area contributed by atoms with Gasteiger partial charge in [-0.05, 0) is 12.3 Å². The molecule has 3 rings (SSSR count). The number of nitrogens with zero attached hydrogens (tertiary/aromatic N) is 3. The molecular formula is C22H27N5O3S. The van der Waals surface area contributed by atoms with Crippen LogP contribution in [0.5, 0.6) is 0 Å². The lowest BCUT2D eigenvalue weighted by atomic mass is 10.2. The van der Waals surface area contributed by atoms with E-state index in [1.807, 2.05) is 51.1 Å². The fourth-order valence-electron chi connectivity index (χ4n) is 3.24. The first-order chi connectivity index (χ1) is 14.8. The zero-order chi connectivity index (χ0) is 22.5. The molecule has 164 valence electrons. The summed E-state index contributed by atoms with van der Waals surface area (Å²) in [4.78, 5) is 46.5. The Morgan fingerprint density at radius 3 is 2.61 bits per heavy atom. The smallest absolute Gasteiger partial charge is 0.330 e. The minimum Gasteiger partial charge on any atom is -0.383 e. The summed E-state index contributed by atoms with van der Waals surface area (Å²) >= 11 is 1.36. The number of nitrogen functional groups attached to an aromatic ring is 1. The molecule has 0 fully saturated rings. The number of carbonyl (C=O) groups is 1. The van der Waals surface area contributed by atoms with Gasteiger partial charge < -0.3 is 5.73 Å².